The number of rotatable bonds is 64. The standard InChI is InChI=1S/C76H137NO10/c1-3-5-7-9-11-13-15-16-17-38-41-44-48-52-56-60-64-72(81)85-65-61-57-53-49-45-42-39-36-34-32-30-28-26-24-22-20-18-19-21-23-25-27-29-31-33-35-37-40-43-47-51-55-59-63-71(80)77-68(67-86-76-75(84)74(83)73(82)70(66-78)87-76)69(79)62-58-54-50-46-14-12-10-8-6-4-2/h13-15,17,22,24,28,30,38,46,58,62,68-70,73-76,78-79,82-84H,3-12,16,18-21,23,25-27,29,31-37,39-45,47-57,59-61,63-67H2,1-2H3,(H,77,80)/b15-13-,24-22-,30-28-,38-17-,46-14+,62-58+. The van der Waals surface area contributed by atoms with Gasteiger partial charge in [0.2, 0.25) is 5.91 Å². The second-order valence-electron chi connectivity index (χ2n) is 25.3. The van der Waals surface area contributed by atoms with E-state index in [0.717, 1.165) is 70.6 Å². The van der Waals surface area contributed by atoms with E-state index >= 15 is 0 Å². The molecule has 11 nitrogen and oxygen atoms in total. The molecule has 0 aromatic rings. The average Bonchev–Trinajstić information content (AvgIpc) is 3.20. The Morgan fingerprint density at radius 1 is 0.425 bits per heavy atom. The minimum atomic E-state index is -1.58. The van der Waals surface area contributed by atoms with Crippen LogP contribution in [0.4, 0.5) is 0 Å². The fraction of sp³-hybridized carbons (Fsp3) is 0.816. The summed E-state index contributed by atoms with van der Waals surface area (Å²) in [6.07, 6.45) is 77.8. The minimum Gasteiger partial charge on any atom is -0.466 e. The topological polar surface area (TPSA) is 175 Å². The van der Waals surface area contributed by atoms with Crippen LogP contribution >= 0.6 is 0 Å². The summed E-state index contributed by atoms with van der Waals surface area (Å²) in [6.45, 7) is 4.29. The van der Waals surface area contributed by atoms with Gasteiger partial charge >= 0.3 is 5.97 Å². The molecule has 1 saturated heterocycles. The van der Waals surface area contributed by atoms with Crippen molar-refractivity contribution in [1.82, 2.24) is 5.32 Å². The SMILES string of the molecule is CCCCCC/C=C\C/C=C\CCCCCCCC(=O)OCCCCCCCCCCC/C=C\C/C=C\CCCCCCCCCCCCCCCCCCCC(=O)NC(COC1OC(CO)C(O)C(O)C1O)C(O)/C=C/CC/C=C/CCCCCC. The Morgan fingerprint density at radius 2 is 0.782 bits per heavy atom. The van der Waals surface area contributed by atoms with Crippen molar-refractivity contribution in [2.45, 2.75) is 378 Å². The number of nitrogens with one attached hydrogen (secondary N) is 1. The van der Waals surface area contributed by atoms with E-state index in [0.29, 0.717) is 19.4 Å². The summed E-state index contributed by atoms with van der Waals surface area (Å²) in [6, 6.07) is -0.826. The Kier molecular flexibility index (Phi) is 61.0. The third kappa shape index (κ3) is 53.5. The molecule has 7 unspecified atom stereocenters. The number of ether oxygens (including phenoxy) is 3. The number of hydrogen-bond donors (Lipinski definition) is 6. The van der Waals surface area contributed by atoms with Crippen molar-refractivity contribution >= 4 is 11.9 Å². The summed E-state index contributed by atoms with van der Waals surface area (Å²) in [5, 5.41) is 54.3. The van der Waals surface area contributed by atoms with Gasteiger partial charge in [0.15, 0.2) is 6.29 Å². The third-order valence-corrected chi connectivity index (χ3v) is 17.0. The Bertz CT molecular complexity index is 1680. The zero-order chi connectivity index (χ0) is 63.0. The number of unbranched alkanes of at least 4 members (excludes halogenated alkanes) is 40. The number of aliphatic hydroxyl groups excluding tert-OH is 5. The Morgan fingerprint density at radius 3 is 1.21 bits per heavy atom. The van der Waals surface area contributed by atoms with Crippen LogP contribution in [0.3, 0.4) is 0 Å². The molecule has 1 fully saturated rings. The molecule has 1 amide bonds. The number of aliphatic hydroxyl groups is 5. The van der Waals surface area contributed by atoms with Crippen LogP contribution in [0.2, 0.25) is 0 Å². The Balaban J connectivity index is 1.92. The molecule has 7 atom stereocenters. The van der Waals surface area contributed by atoms with Gasteiger partial charge in [-0.3, -0.25) is 9.59 Å². The molecule has 1 heterocycles. The van der Waals surface area contributed by atoms with Crippen molar-refractivity contribution in [3.05, 3.63) is 72.9 Å². The van der Waals surface area contributed by atoms with E-state index in [1.165, 1.54) is 238 Å². The third-order valence-electron chi connectivity index (χ3n) is 17.0. The van der Waals surface area contributed by atoms with Crippen LogP contribution in [0, 0.1) is 0 Å². The van der Waals surface area contributed by atoms with Gasteiger partial charge in [0, 0.05) is 12.8 Å². The summed E-state index contributed by atoms with van der Waals surface area (Å²) in [5.74, 6) is -0.199. The van der Waals surface area contributed by atoms with Gasteiger partial charge in [-0.05, 0) is 109 Å². The van der Waals surface area contributed by atoms with Gasteiger partial charge in [-0.1, -0.05) is 286 Å². The van der Waals surface area contributed by atoms with Crippen molar-refractivity contribution < 1.29 is 49.3 Å². The van der Waals surface area contributed by atoms with Gasteiger partial charge in [0.05, 0.1) is 32.0 Å². The minimum absolute atomic E-state index is 0.00719. The normalized spacial score (nSPS) is 18.3. The monoisotopic (exact) mass is 1220 g/mol. The van der Waals surface area contributed by atoms with Gasteiger partial charge in [0.1, 0.15) is 24.4 Å². The van der Waals surface area contributed by atoms with Crippen molar-refractivity contribution in [2.24, 2.45) is 0 Å². The largest absolute Gasteiger partial charge is 0.466 e. The van der Waals surface area contributed by atoms with Gasteiger partial charge in [-0.2, -0.15) is 0 Å². The van der Waals surface area contributed by atoms with Crippen LogP contribution in [0.1, 0.15) is 335 Å². The molecule has 0 bridgehead atoms. The highest BCUT2D eigenvalue weighted by molar-refractivity contribution is 5.76. The predicted molar refractivity (Wildman–Crippen MR) is 366 cm³/mol. The van der Waals surface area contributed by atoms with Crippen molar-refractivity contribution in [3.8, 4) is 0 Å². The van der Waals surface area contributed by atoms with Gasteiger partial charge < -0.3 is 45.1 Å². The molecule has 0 radical (unpaired) electrons. The molecular formula is C76H137NO10. The van der Waals surface area contributed by atoms with E-state index in [2.05, 4.69) is 79.9 Å². The number of hydrogen-bond acceptors (Lipinski definition) is 10. The van der Waals surface area contributed by atoms with E-state index in [4.69, 9.17) is 14.2 Å². The van der Waals surface area contributed by atoms with E-state index in [1.807, 2.05) is 6.08 Å². The highest BCUT2D eigenvalue weighted by atomic mass is 16.7. The van der Waals surface area contributed by atoms with E-state index in [1.54, 1.807) is 6.08 Å². The number of amides is 1. The molecule has 0 spiro atoms. The maximum Gasteiger partial charge on any atom is 0.305 e. The van der Waals surface area contributed by atoms with Gasteiger partial charge in [-0.15, -0.1) is 0 Å². The maximum absolute atomic E-state index is 13.0. The lowest BCUT2D eigenvalue weighted by Gasteiger charge is -2.40. The summed E-state index contributed by atoms with van der Waals surface area (Å²) in [4.78, 5) is 25.1. The molecule has 6 N–H and O–H groups in total. The molecule has 0 aromatic heterocycles. The summed E-state index contributed by atoms with van der Waals surface area (Å²) in [5.41, 5.74) is 0. The Labute approximate surface area is 534 Å². The second kappa shape index (κ2) is 64.6. The Hall–Kier alpha value is -2.90. The van der Waals surface area contributed by atoms with Crippen LogP contribution in [0.5, 0.6) is 0 Å². The average molecular weight is 1220 g/mol. The zero-order valence-electron chi connectivity index (χ0n) is 56.2. The molecular weight excluding hydrogens is 1090 g/mol. The van der Waals surface area contributed by atoms with Crippen LogP contribution < -0.4 is 5.32 Å². The number of carbonyl (C=O) groups is 2. The van der Waals surface area contributed by atoms with Crippen molar-refractivity contribution in [1.29, 1.82) is 0 Å². The van der Waals surface area contributed by atoms with E-state index < -0.39 is 49.5 Å². The molecule has 506 valence electrons. The van der Waals surface area contributed by atoms with Crippen LogP contribution in [0.15, 0.2) is 72.9 Å². The first-order valence-electron chi connectivity index (χ1n) is 36.7. The first kappa shape index (κ1) is 82.1. The first-order valence-corrected chi connectivity index (χ1v) is 36.7. The zero-order valence-corrected chi connectivity index (χ0v) is 56.2. The maximum atomic E-state index is 13.0. The summed E-state index contributed by atoms with van der Waals surface area (Å²) >= 11 is 0. The molecule has 0 saturated carbocycles. The first-order chi connectivity index (χ1) is 42.7. The van der Waals surface area contributed by atoms with Gasteiger partial charge in [-0.25, -0.2) is 0 Å². The summed E-state index contributed by atoms with van der Waals surface area (Å²) in [7, 11) is 0. The highest BCUT2D eigenvalue weighted by Gasteiger charge is 2.44. The fourth-order valence-corrected chi connectivity index (χ4v) is 11.2. The lowest BCUT2D eigenvalue weighted by Crippen LogP contribution is -2.60. The smallest absolute Gasteiger partial charge is 0.305 e. The molecule has 87 heavy (non-hydrogen) atoms. The predicted octanol–water partition coefficient (Wildman–Crippen LogP) is 19.1. The second-order valence-corrected chi connectivity index (χ2v) is 25.3. The quantitative estimate of drug-likeness (QED) is 0.0195. The number of allylic oxidation sites excluding steroid dienone is 11. The van der Waals surface area contributed by atoms with Crippen molar-refractivity contribution in [3.63, 3.8) is 0 Å². The van der Waals surface area contributed by atoms with Crippen LogP contribution in [0.25, 0.3) is 0 Å². The van der Waals surface area contributed by atoms with Gasteiger partial charge in [0.25, 0.3) is 0 Å². The van der Waals surface area contributed by atoms with Crippen molar-refractivity contribution in [2.75, 3.05) is 19.8 Å². The molecule has 1 aliphatic rings. The van der Waals surface area contributed by atoms with Crippen LogP contribution in [-0.4, -0.2) is 100 Å². The van der Waals surface area contributed by atoms with Crippen LogP contribution in [-0.2, 0) is 23.8 Å². The lowest BCUT2D eigenvalue weighted by molar-refractivity contribution is -0.302. The number of esters is 1. The molecule has 0 aliphatic carbocycles. The molecule has 0 aromatic carbocycles. The lowest BCUT2D eigenvalue weighted by atomic mass is 9.99. The fourth-order valence-electron chi connectivity index (χ4n) is 11.2. The molecule has 11 heteroatoms. The number of carbonyl (C=O) groups excluding carboxylic acids is 2. The molecule has 1 aliphatic heterocycles. The summed E-state index contributed by atoms with van der Waals surface area (Å²) < 4.78 is 16.7. The molecule has 1 rings (SSSR count). The van der Waals surface area contributed by atoms with E-state index in [-0.39, 0.29) is 18.5 Å². The highest BCUT2D eigenvalue weighted by Crippen LogP contribution is 2.23. The van der Waals surface area contributed by atoms with E-state index in [9.17, 15) is 35.1 Å².